The van der Waals surface area contributed by atoms with Crippen LogP contribution in [0.25, 0.3) is 0 Å². The molecule has 0 N–H and O–H groups in total. The number of hydrogen-bond acceptors (Lipinski definition) is 3. The average molecular weight is 501 g/mol. The third kappa shape index (κ3) is 5.24. The SMILES string of the molecule is CC(C)S(=O)C(C(=O)OCc1ccccc1)=P(c1ccccc1)(c1ccccc1)c1ccccc1. The van der Waals surface area contributed by atoms with E-state index in [1.807, 2.05) is 135 Å². The maximum Gasteiger partial charge on any atom is 0.348 e. The first-order valence-electron chi connectivity index (χ1n) is 11.6. The third-order valence-corrected chi connectivity index (χ3v) is 12.5. The molecule has 35 heavy (non-hydrogen) atoms. The first-order valence-corrected chi connectivity index (χ1v) is 14.6. The largest absolute Gasteiger partial charge is 0.457 e. The van der Waals surface area contributed by atoms with E-state index in [-0.39, 0.29) is 11.9 Å². The van der Waals surface area contributed by atoms with Gasteiger partial charge in [0.15, 0.2) is 0 Å². The lowest BCUT2D eigenvalue weighted by molar-refractivity contribution is -0.136. The fourth-order valence-electron chi connectivity index (χ4n) is 4.12. The standard InChI is InChI=1S/C30H29O3PS/c1-24(2)35(32)30(29(31)33-23-25-15-7-3-8-16-25)34(26-17-9-4-10-18-26,27-19-11-5-12-20-27)28-21-13-6-14-22-28/h3-22,24H,23H2,1-2H3. The Morgan fingerprint density at radius 1 is 0.686 bits per heavy atom. The molecule has 0 amide bonds. The van der Waals surface area contributed by atoms with Crippen LogP contribution in [0.1, 0.15) is 19.4 Å². The number of rotatable bonds is 8. The average Bonchev–Trinajstić information content (AvgIpc) is 2.92. The Morgan fingerprint density at radius 2 is 1.06 bits per heavy atom. The molecule has 0 bridgehead atoms. The summed E-state index contributed by atoms with van der Waals surface area (Å²) in [6, 6.07) is 39.5. The van der Waals surface area contributed by atoms with E-state index in [0.717, 1.165) is 21.5 Å². The molecule has 5 heteroatoms. The molecule has 1 unspecified atom stereocenters. The van der Waals surface area contributed by atoms with Gasteiger partial charge in [-0.05, 0) is 21.5 Å². The smallest absolute Gasteiger partial charge is 0.348 e. The summed E-state index contributed by atoms with van der Waals surface area (Å²) in [5.41, 5.74) is 0.888. The number of esters is 1. The third-order valence-electron chi connectivity index (χ3n) is 5.74. The van der Waals surface area contributed by atoms with Crippen LogP contribution in [0.5, 0.6) is 0 Å². The maximum absolute atomic E-state index is 14.1. The van der Waals surface area contributed by atoms with Crippen molar-refractivity contribution in [3.8, 4) is 0 Å². The van der Waals surface area contributed by atoms with Gasteiger partial charge in [0.1, 0.15) is 11.2 Å². The maximum atomic E-state index is 14.1. The lowest BCUT2D eigenvalue weighted by Gasteiger charge is -2.32. The Labute approximate surface area is 210 Å². The molecule has 0 heterocycles. The first-order chi connectivity index (χ1) is 17.0. The Kier molecular flexibility index (Phi) is 8.17. The van der Waals surface area contributed by atoms with E-state index >= 15 is 0 Å². The van der Waals surface area contributed by atoms with E-state index in [4.69, 9.17) is 4.74 Å². The molecular weight excluding hydrogens is 471 g/mol. The number of ether oxygens (including phenoxy) is 1. The molecule has 3 nitrogen and oxygen atoms in total. The zero-order valence-electron chi connectivity index (χ0n) is 19.9. The minimum Gasteiger partial charge on any atom is -0.457 e. The minimum atomic E-state index is -2.81. The van der Waals surface area contributed by atoms with Crippen molar-refractivity contribution >= 4 is 44.2 Å². The highest BCUT2D eigenvalue weighted by atomic mass is 32.2. The summed E-state index contributed by atoms with van der Waals surface area (Å²) in [4.78, 5) is 14.0. The summed E-state index contributed by atoms with van der Waals surface area (Å²) in [5, 5.41) is 2.65. The zero-order chi connectivity index (χ0) is 24.7. The topological polar surface area (TPSA) is 43.4 Å². The second-order valence-corrected chi connectivity index (χ2v) is 14.0. The molecule has 0 aliphatic rings. The first kappa shape index (κ1) is 24.9. The van der Waals surface area contributed by atoms with Crippen LogP contribution in [0.2, 0.25) is 0 Å². The van der Waals surface area contributed by atoms with Crippen LogP contribution in [-0.4, -0.2) is 20.1 Å². The normalized spacial score (nSPS) is 12.2. The molecule has 0 radical (unpaired) electrons. The predicted molar refractivity (Wildman–Crippen MR) is 150 cm³/mol. The van der Waals surface area contributed by atoms with Gasteiger partial charge in [0.25, 0.3) is 0 Å². The molecule has 178 valence electrons. The predicted octanol–water partition coefficient (Wildman–Crippen LogP) is 5.01. The Bertz CT molecular complexity index is 1230. The highest BCUT2D eigenvalue weighted by molar-refractivity contribution is 8.19. The molecule has 0 saturated carbocycles. The summed E-state index contributed by atoms with van der Waals surface area (Å²) in [6.07, 6.45) is 0. The van der Waals surface area contributed by atoms with Crippen LogP contribution < -0.4 is 15.9 Å². The minimum absolute atomic E-state index is 0.122. The lowest BCUT2D eigenvalue weighted by Crippen LogP contribution is -2.38. The van der Waals surface area contributed by atoms with Gasteiger partial charge in [-0.2, -0.15) is 0 Å². The second-order valence-electron chi connectivity index (χ2n) is 8.39. The fourth-order valence-corrected chi connectivity index (χ4v) is 11.2. The van der Waals surface area contributed by atoms with Crippen LogP contribution in [0.3, 0.4) is 0 Å². The van der Waals surface area contributed by atoms with Crippen molar-refractivity contribution in [2.75, 3.05) is 0 Å². The van der Waals surface area contributed by atoms with E-state index in [1.54, 1.807) is 0 Å². The fraction of sp³-hybridized carbons (Fsp3) is 0.133. The highest BCUT2D eigenvalue weighted by Crippen LogP contribution is 2.47. The van der Waals surface area contributed by atoms with Crippen molar-refractivity contribution in [2.24, 2.45) is 0 Å². The van der Waals surface area contributed by atoms with Gasteiger partial charge in [-0.1, -0.05) is 135 Å². The molecule has 1 atom stereocenters. The molecule has 4 aromatic rings. The van der Waals surface area contributed by atoms with Crippen LogP contribution in [0, 0.1) is 0 Å². The summed E-state index contributed by atoms with van der Waals surface area (Å²) < 4.78 is 20.3. The van der Waals surface area contributed by atoms with Gasteiger partial charge < -0.3 is 4.74 Å². The van der Waals surface area contributed by atoms with E-state index in [2.05, 4.69) is 0 Å². The number of carbonyl (C=O) groups excluding carboxylic acids is 1. The highest BCUT2D eigenvalue weighted by Gasteiger charge is 2.38. The number of hydrogen-bond donors (Lipinski definition) is 0. The molecule has 0 aliphatic carbocycles. The molecule has 0 aromatic heterocycles. The van der Waals surface area contributed by atoms with Gasteiger partial charge in [-0.25, -0.2) is 4.79 Å². The van der Waals surface area contributed by atoms with E-state index in [9.17, 15) is 9.00 Å². The van der Waals surface area contributed by atoms with Crippen molar-refractivity contribution in [1.82, 2.24) is 0 Å². The van der Waals surface area contributed by atoms with Gasteiger partial charge in [0.05, 0.1) is 10.8 Å². The molecule has 0 spiro atoms. The van der Waals surface area contributed by atoms with Crippen LogP contribution in [-0.2, 0) is 26.9 Å². The molecule has 0 aliphatic heterocycles. The molecule has 0 fully saturated rings. The zero-order valence-corrected chi connectivity index (χ0v) is 21.6. The number of benzene rings is 4. The van der Waals surface area contributed by atoms with Gasteiger partial charge >= 0.3 is 5.97 Å². The van der Waals surface area contributed by atoms with Gasteiger partial charge in [0, 0.05) is 12.1 Å². The van der Waals surface area contributed by atoms with Crippen LogP contribution in [0.15, 0.2) is 121 Å². The van der Waals surface area contributed by atoms with E-state index in [1.165, 1.54) is 0 Å². The molecule has 4 rings (SSSR count). The van der Waals surface area contributed by atoms with Gasteiger partial charge in [0.2, 0.25) is 0 Å². The monoisotopic (exact) mass is 500 g/mol. The molecule has 0 saturated heterocycles. The second kappa shape index (κ2) is 11.5. The van der Waals surface area contributed by atoms with Crippen LogP contribution in [0.4, 0.5) is 0 Å². The Hall–Kier alpha value is -3.20. The summed E-state index contributed by atoms with van der Waals surface area (Å²) in [6.45, 7) is 1.08. The Morgan fingerprint density at radius 3 is 1.43 bits per heavy atom. The van der Waals surface area contributed by atoms with Crippen LogP contribution >= 0.6 is 6.89 Å². The lowest BCUT2D eigenvalue weighted by atomic mass is 10.2. The van der Waals surface area contributed by atoms with Gasteiger partial charge in [-0.3, -0.25) is 4.21 Å². The summed E-state index contributed by atoms with van der Waals surface area (Å²) in [5.74, 6) is -0.509. The van der Waals surface area contributed by atoms with Crippen molar-refractivity contribution < 1.29 is 13.7 Å². The number of carbonyl (C=O) groups is 1. The van der Waals surface area contributed by atoms with E-state index < -0.39 is 23.7 Å². The summed E-state index contributed by atoms with van der Waals surface area (Å²) in [7, 11) is -1.58. The van der Waals surface area contributed by atoms with Crippen molar-refractivity contribution in [2.45, 2.75) is 25.7 Å². The van der Waals surface area contributed by atoms with Crippen molar-refractivity contribution in [3.05, 3.63) is 127 Å². The van der Waals surface area contributed by atoms with Crippen molar-refractivity contribution in [3.63, 3.8) is 0 Å². The molecule has 4 aromatic carbocycles. The van der Waals surface area contributed by atoms with Crippen molar-refractivity contribution in [1.29, 1.82) is 0 Å². The van der Waals surface area contributed by atoms with Gasteiger partial charge in [-0.15, -0.1) is 0 Å². The quantitative estimate of drug-likeness (QED) is 0.252. The van der Waals surface area contributed by atoms with E-state index in [0.29, 0.717) is 4.63 Å². The molecular formula is C30H29O3PS. The Balaban J connectivity index is 2.09. The summed E-state index contributed by atoms with van der Waals surface area (Å²) >= 11 is 0.